The highest BCUT2D eigenvalue weighted by Crippen LogP contribution is 2.22. The van der Waals surface area contributed by atoms with Gasteiger partial charge < -0.3 is 15.1 Å². The van der Waals surface area contributed by atoms with Crippen LogP contribution in [0.2, 0.25) is 0 Å². The van der Waals surface area contributed by atoms with Gasteiger partial charge in [-0.05, 0) is 31.0 Å². The van der Waals surface area contributed by atoms with Crippen LogP contribution in [0.15, 0.2) is 39.9 Å². The lowest BCUT2D eigenvalue weighted by atomic mass is 9.94. The molecule has 5 nitrogen and oxygen atoms in total. The second-order valence-electron chi connectivity index (χ2n) is 6.87. The second kappa shape index (κ2) is 10.5. The summed E-state index contributed by atoms with van der Waals surface area (Å²) in [5, 5.41) is 6.46. The third kappa shape index (κ3) is 7.31. The van der Waals surface area contributed by atoms with E-state index in [2.05, 4.69) is 41.4 Å². The molecule has 26 heavy (non-hydrogen) atoms. The van der Waals surface area contributed by atoms with E-state index in [1.165, 1.54) is 12.1 Å². The molecule has 0 spiro atoms. The Balaban J connectivity index is 0.00000338. The molecule has 1 heterocycles. The SMILES string of the molecule is CCNC(=NCc1ncc(C(C)(C)C)o1)NCCc1ccc(F)cc1.I. The van der Waals surface area contributed by atoms with E-state index >= 15 is 0 Å². The van der Waals surface area contributed by atoms with Crippen LogP contribution in [0.3, 0.4) is 0 Å². The molecule has 1 aromatic heterocycles. The highest BCUT2D eigenvalue weighted by atomic mass is 127. The van der Waals surface area contributed by atoms with Crippen molar-refractivity contribution in [2.75, 3.05) is 13.1 Å². The molecule has 0 fully saturated rings. The molecular weight excluding hydrogens is 446 g/mol. The summed E-state index contributed by atoms with van der Waals surface area (Å²) in [7, 11) is 0. The van der Waals surface area contributed by atoms with E-state index in [4.69, 9.17) is 4.42 Å². The van der Waals surface area contributed by atoms with Gasteiger partial charge in [0.25, 0.3) is 0 Å². The Morgan fingerprint density at radius 2 is 1.88 bits per heavy atom. The van der Waals surface area contributed by atoms with Gasteiger partial charge in [-0.3, -0.25) is 0 Å². The molecule has 0 aliphatic rings. The molecule has 0 saturated heterocycles. The van der Waals surface area contributed by atoms with Crippen LogP contribution in [0.4, 0.5) is 4.39 Å². The van der Waals surface area contributed by atoms with Crippen LogP contribution in [0.25, 0.3) is 0 Å². The first kappa shape index (κ1) is 22.4. The minimum Gasteiger partial charge on any atom is -0.443 e. The predicted octanol–water partition coefficient (Wildman–Crippen LogP) is 4.03. The van der Waals surface area contributed by atoms with Crippen LogP contribution in [0, 0.1) is 5.82 Å². The molecule has 0 atom stereocenters. The average Bonchev–Trinajstić information content (AvgIpc) is 3.04. The molecule has 0 aliphatic heterocycles. The van der Waals surface area contributed by atoms with Gasteiger partial charge in [-0.25, -0.2) is 14.4 Å². The molecule has 7 heteroatoms. The molecule has 0 saturated carbocycles. The van der Waals surface area contributed by atoms with Crippen LogP contribution in [0.5, 0.6) is 0 Å². The van der Waals surface area contributed by atoms with Gasteiger partial charge in [0, 0.05) is 18.5 Å². The van der Waals surface area contributed by atoms with Crippen molar-refractivity contribution in [1.82, 2.24) is 15.6 Å². The van der Waals surface area contributed by atoms with Gasteiger partial charge in [0.1, 0.15) is 18.1 Å². The number of nitrogens with zero attached hydrogens (tertiary/aromatic N) is 2. The maximum Gasteiger partial charge on any atom is 0.216 e. The number of oxazole rings is 1. The van der Waals surface area contributed by atoms with E-state index in [9.17, 15) is 4.39 Å². The van der Waals surface area contributed by atoms with Crippen molar-refractivity contribution >= 4 is 29.9 Å². The quantitative estimate of drug-likeness (QED) is 0.377. The van der Waals surface area contributed by atoms with Gasteiger partial charge in [-0.2, -0.15) is 0 Å². The molecule has 0 radical (unpaired) electrons. The first-order valence-corrected chi connectivity index (χ1v) is 8.60. The van der Waals surface area contributed by atoms with E-state index in [0.717, 1.165) is 24.3 Å². The third-order valence-electron chi connectivity index (χ3n) is 3.63. The number of halogens is 2. The molecule has 1 aromatic carbocycles. The average molecular weight is 474 g/mol. The van der Waals surface area contributed by atoms with Gasteiger partial charge in [-0.1, -0.05) is 32.9 Å². The number of rotatable bonds is 6. The zero-order valence-electron chi connectivity index (χ0n) is 15.8. The lowest BCUT2D eigenvalue weighted by Gasteiger charge is -2.13. The zero-order chi connectivity index (χ0) is 18.3. The molecule has 0 aliphatic carbocycles. The lowest BCUT2D eigenvalue weighted by Crippen LogP contribution is -2.38. The molecule has 0 amide bonds. The number of benzene rings is 1. The third-order valence-corrected chi connectivity index (χ3v) is 3.63. The number of hydrogen-bond donors (Lipinski definition) is 2. The standard InChI is InChI=1S/C19H27FN4O.HI/c1-5-21-18(22-11-10-14-6-8-15(20)9-7-14)24-13-17-23-12-16(25-17)19(2,3)4;/h6-9,12H,5,10-11,13H2,1-4H3,(H2,21,22,24);1H. The van der Waals surface area contributed by atoms with Crippen LogP contribution < -0.4 is 10.6 Å². The summed E-state index contributed by atoms with van der Waals surface area (Å²) in [4.78, 5) is 8.79. The zero-order valence-corrected chi connectivity index (χ0v) is 18.1. The van der Waals surface area contributed by atoms with Gasteiger partial charge in [0.15, 0.2) is 5.96 Å². The summed E-state index contributed by atoms with van der Waals surface area (Å²) in [6.07, 6.45) is 2.55. The van der Waals surface area contributed by atoms with Gasteiger partial charge >= 0.3 is 0 Å². The van der Waals surface area contributed by atoms with E-state index < -0.39 is 0 Å². The summed E-state index contributed by atoms with van der Waals surface area (Å²) in [6, 6.07) is 6.54. The number of nitrogens with one attached hydrogen (secondary N) is 2. The fourth-order valence-electron chi connectivity index (χ4n) is 2.19. The number of aromatic nitrogens is 1. The Morgan fingerprint density at radius 3 is 2.46 bits per heavy atom. The fraction of sp³-hybridized carbons (Fsp3) is 0.474. The first-order valence-electron chi connectivity index (χ1n) is 8.60. The van der Waals surface area contributed by atoms with Crippen molar-refractivity contribution in [3.8, 4) is 0 Å². The molecule has 2 rings (SSSR count). The molecule has 2 N–H and O–H groups in total. The summed E-state index contributed by atoms with van der Waals surface area (Å²) >= 11 is 0. The topological polar surface area (TPSA) is 62.5 Å². The Bertz CT molecular complexity index is 692. The van der Waals surface area contributed by atoms with Crippen molar-refractivity contribution in [2.24, 2.45) is 4.99 Å². The van der Waals surface area contributed by atoms with Crippen LogP contribution in [-0.2, 0) is 18.4 Å². The Kier molecular flexibility index (Phi) is 9.04. The molecule has 2 aromatic rings. The molecule has 0 unspecified atom stereocenters. The smallest absolute Gasteiger partial charge is 0.216 e. The summed E-state index contributed by atoms with van der Waals surface area (Å²) in [6.45, 7) is 10.1. The van der Waals surface area contributed by atoms with Crippen molar-refractivity contribution in [1.29, 1.82) is 0 Å². The second-order valence-corrected chi connectivity index (χ2v) is 6.87. The van der Waals surface area contributed by atoms with E-state index in [0.29, 0.717) is 24.9 Å². The maximum atomic E-state index is 12.9. The van der Waals surface area contributed by atoms with Gasteiger partial charge in [-0.15, -0.1) is 24.0 Å². The summed E-state index contributed by atoms with van der Waals surface area (Å²) < 4.78 is 18.7. The summed E-state index contributed by atoms with van der Waals surface area (Å²) in [5.41, 5.74) is 1.01. The predicted molar refractivity (Wildman–Crippen MR) is 114 cm³/mol. The minimum absolute atomic E-state index is 0. The van der Waals surface area contributed by atoms with Gasteiger partial charge in [0.2, 0.25) is 5.89 Å². The van der Waals surface area contributed by atoms with E-state index in [-0.39, 0.29) is 35.2 Å². The van der Waals surface area contributed by atoms with Gasteiger partial charge in [0.05, 0.1) is 6.20 Å². The number of hydrogen-bond acceptors (Lipinski definition) is 3. The monoisotopic (exact) mass is 474 g/mol. The van der Waals surface area contributed by atoms with E-state index in [1.54, 1.807) is 18.3 Å². The normalized spacial score (nSPS) is 11.8. The lowest BCUT2D eigenvalue weighted by molar-refractivity contribution is 0.383. The Hall–Kier alpha value is -1.64. The molecule has 144 valence electrons. The number of aliphatic imine (C=N–C) groups is 1. The Labute approximate surface area is 171 Å². The van der Waals surface area contributed by atoms with Crippen LogP contribution in [0.1, 0.15) is 44.9 Å². The van der Waals surface area contributed by atoms with E-state index in [1.807, 2.05) is 6.92 Å². The van der Waals surface area contributed by atoms with Crippen molar-refractivity contribution in [3.05, 3.63) is 53.5 Å². The first-order chi connectivity index (χ1) is 11.9. The summed E-state index contributed by atoms with van der Waals surface area (Å²) in [5.74, 6) is 1.94. The van der Waals surface area contributed by atoms with Crippen molar-refractivity contribution < 1.29 is 8.81 Å². The molecular formula is C19H28FIN4O. The maximum absolute atomic E-state index is 12.9. The largest absolute Gasteiger partial charge is 0.443 e. The highest BCUT2D eigenvalue weighted by molar-refractivity contribution is 14.0. The fourth-order valence-corrected chi connectivity index (χ4v) is 2.19. The minimum atomic E-state index is -0.216. The number of guanidine groups is 1. The van der Waals surface area contributed by atoms with Crippen molar-refractivity contribution in [3.63, 3.8) is 0 Å². The van der Waals surface area contributed by atoms with Crippen molar-refractivity contribution in [2.45, 2.75) is 46.1 Å². The molecule has 0 bridgehead atoms. The Morgan fingerprint density at radius 1 is 1.19 bits per heavy atom. The van der Waals surface area contributed by atoms with Crippen LogP contribution in [-0.4, -0.2) is 24.0 Å². The highest BCUT2D eigenvalue weighted by Gasteiger charge is 2.18. The van der Waals surface area contributed by atoms with Crippen LogP contribution >= 0.6 is 24.0 Å².